The molecule has 7 heteroatoms. The summed E-state index contributed by atoms with van der Waals surface area (Å²) in [6, 6.07) is 10.5. The van der Waals surface area contributed by atoms with E-state index in [-0.39, 0.29) is 22.7 Å². The summed E-state index contributed by atoms with van der Waals surface area (Å²) in [4.78, 5) is 35.7. The lowest BCUT2D eigenvalue weighted by atomic mass is 10.0. The third-order valence-corrected chi connectivity index (χ3v) is 5.27. The van der Waals surface area contributed by atoms with Gasteiger partial charge in [0.05, 0.1) is 11.7 Å². The second-order valence-corrected chi connectivity index (χ2v) is 6.93. The van der Waals surface area contributed by atoms with Gasteiger partial charge in [-0.15, -0.1) is 0 Å². The highest BCUT2D eigenvalue weighted by Crippen LogP contribution is 2.29. The SMILES string of the molecule is CCN1CCN(C(=O)c2cccc(-c3cc(O)c4nc[nH]c(=O)c4c3)c2)CC1. The van der Waals surface area contributed by atoms with Crippen LogP contribution in [0, 0.1) is 0 Å². The summed E-state index contributed by atoms with van der Waals surface area (Å²) in [5, 5.41) is 10.6. The van der Waals surface area contributed by atoms with Gasteiger partial charge in [-0.2, -0.15) is 0 Å². The zero-order valence-electron chi connectivity index (χ0n) is 15.7. The monoisotopic (exact) mass is 378 g/mol. The molecular weight excluding hydrogens is 356 g/mol. The number of fused-ring (bicyclic) bond motifs is 1. The van der Waals surface area contributed by atoms with Crippen molar-refractivity contribution in [3.05, 3.63) is 58.6 Å². The number of aromatic nitrogens is 2. The Bertz CT molecular complexity index is 1080. The zero-order valence-corrected chi connectivity index (χ0v) is 15.7. The van der Waals surface area contributed by atoms with E-state index in [0.717, 1.165) is 25.2 Å². The number of nitrogens with zero attached hydrogens (tertiary/aromatic N) is 3. The van der Waals surface area contributed by atoms with E-state index in [0.29, 0.717) is 29.6 Å². The van der Waals surface area contributed by atoms with E-state index in [2.05, 4.69) is 21.8 Å². The van der Waals surface area contributed by atoms with Crippen LogP contribution in [-0.2, 0) is 0 Å². The molecule has 3 aromatic rings. The molecule has 0 aliphatic carbocycles. The van der Waals surface area contributed by atoms with E-state index in [9.17, 15) is 14.7 Å². The molecule has 1 fully saturated rings. The molecule has 2 N–H and O–H groups in total. The third-order valence-electron chi connectivity index (χ3n) is 5.27. The summed E-state index contributed by atoms with van der Waals surface area (Å²) in [7, 11) is 0. The number of carbonyl (C=O) groups is 1. The number of likely N-dealkylation sites (N-methyl/N-ethyl adjacent to an activating group) is 1. The molecule has 1 aliphatic rings. The number of hydrogen-bond acceptors (Lipinski definition) is 5. The number of nitrogens with one attached hydrogen (secondary N) is 1. The molecule has 1 saturated heterocycles. The van der Waals surface area contributed by atoms with E-state index in [1.807, 2.05) is 17.0 Å². The Morgan fingerprint density at radius 2 is 1.93 bits per heavy atom. The number of benzene rings is 2. The quantitative estimate of drug-likeness (QED) is 0.728. The number of hydrogen-bond donors (Lipinski definition) is 2. The van der Waals surface area contributed by atoms with Gasteiger partial charge in [-0.05, 0) is 41.9 Å². The number of aromatic hydroxyl groups is 1. The Labute approximate surface area is 162 Å². The molecule has 0 atom stereocenters. The minimum Gasteiger partial charge on any atom is -0.506 e. The van der Waals surface area contributed by atoms with E-state index in [4.69, 9.17) is 0 Å². The van der Waals surface area contributed by atoms with Crippen LogP contribution in [0.1, 0.15) is 17.3 Å². The molecule has 0 bridgehead atoms. The van der Waals surface area contributed by atoms with E-state index >= 15 is 0 Å². The van der Waals surface area contributed by atoms with Crippen molar-refractivity contribution in [2.24, 2.45) is 0 Å². The van der Waals surface area contributed by atoms with Crippen molar-refractivity contribution in [3.63, 3.8) is 0 Å². The van der Waals surface area contributed by atoms with Crippen LogP contribution in [0.2, 0.25) is 0 Å². The molecule has 7 nitrogen and oxygen atoms in total. The Morgan fingerprint density at radius 3 is 2.68 bits per heavy atom. The summed E-state index contributed by atoms with van der Waals surface area (Å²) < 4.78 is 0. The first-order valence-corrected chi connectivity index (χ1v) is 9.39. The number of piperazine rings is 1. The van der Waals surface area contributed by atoms with Gasteiger partial charge in [-0.1, -0.05) is 19.1 Å². The second-order valence-electron chi connectivity index (χ2n) is 6.93. The Balaban J connectivity index is 1.66. The molecule has 1 aliphatic heterocycles. The molecule has 0 spiro atoms. The molecule has 4 rings (SSSR count). The molecule has 1 aromatic heterocycles. The van der Waals surface area contributed by atoms with Gasteiger partial charge in [-0.25, -0.2) is 4.98 Å². The molecule has 28 heavy (non-hydrogen) atoms. The molecule has 2 aromatic carbocycles. The standard InChI is InChI=1S/C21H22N4O3/c1-2-24-6-8-25(9-7-24)21(28)15-5-3-4-14(10-15)16-11-17-19(18(26)12-16)22-13-23-20(17)27/h3-5,10-13,26H,2,6-9H2,1H3,(H,22,23,27). The average molecular weight is 378 g/mol. The maximum atomic E-state index is 12.9. The van der Waals surface area contributed by atoms with Gasteiger partial charge in [0.25, 0.3) is 11.5 Å². The van der Waals surface area contributed by atoms with E-state index in [1.165, 1.54) is 6.33 Å². The summed E-state index contributed by atoms with van der Waals surface area (Å²) in [6.07, 6.45) is 1.27. The topological polar surface area (TPSA) is 89.5 Å². The lowest BCUT2D eigenvalue weighted by Crippen LogP contribution is -2.48. The van der Waals surface area contributed by atoms with Crippen LogP contribution in [0.15, 0.2) is 47.5 Å². The molecule has 2 heterocycles. The Morgan fingerprint density at radius 1 is 1.14 bits per heavy atom. The highest BCUT2D eigenvalue weighted by atomic mass is 16.3. The number of carbonyl (C=O) groups excluding carboxylic acids is 1. The Hall–Kier alpha value is -3.19. The van der Waals surface area contributed by atoms with Gasteiger partial charge in [0.1, 0.15) is 11.3 Å². The largest absolute Gasteiger partial charge is 0.506 e. The Kier molecular flexibility index (Phi) is 4.83. The van der Waals surface area contributed by atoms with Gasteiger partial charge < -0.3 is 19.9 Å². The van der Waals surface area contributed by atoms with Crippen LogP contribution in [-0.4, -0.2) is 63.5 Å². The normalized spacial score (nSPS) is 15.1. The van der Waals surface area contributed by atoms with Gasteiger partial charge in [0, 0.05) is 31.7 Å². The zero-order chi connectivity index (χ0) is 19.7. The van der Waals surface area contributed by atoms with Gasteiger partial charge in [0.15, 0.2) is 0 Å². The van der Waals surface area contributed by atoms with Crippen molar-refractivity contribution in [2.45, 2.75) is 6.92 Å². The lowest BCUT2D eigenvalue weighted by Gasteiger charge is -2.34. The minimum absolute atomic E-state index is 0.00197. The third kappa shape index (κ3) is 3.36. The molecule has 0 saturated carbocycles. The van der Waals surface area contributed by atoms with Crippen LogP contribution in [0.25, 0.3) is 22.0 Å². The fourth-order valence-corrected chi connectivity index (χ4v) is 3.61. The number of H-pyrrole nitrogens is 1. The van der Waals surface area contributed by atoms with E-state index in [1.54, 1.807) is 24.3 Å². The van der Waals surface area contributed by atoms with Crippen LogP contribution < -0.4 is 5.56 Å². The fraction of sp³-hybridized carbons (Fsp3) is 0.286. The fourth-order valence-electron chi connectivity index (χ4n) is 3.61. The first kappa shape index (κ1) is 18.2. The van der Waals surface area contributed by atoms with Crippen molar-refractivity contribution in [1.29, 1.82) is 0 Å². The summed E-state index contributed by atoms with van der Waals surface area (Å²) in [5.74, 6) is -0.0619. The highest BCUT2D eigenvalue weighted by Gasteiger charge is 2.21. The highest BCUT2D eigenvalue weighted by molar-refractivity contribution is 5.96. The van der Waals surface area contributed by atoms with Crippen LogP contribution in [0.5, 0.6) is 5.75 Å². The van der Waals surface area contributed by atoms with Crippen molar-refractivity contribution in [3.8, 4) is 16.9 Å². The maximum Gasteiger partial charge on any atom is 0.258 e. The van der Waals surface area contributed by atoms with Gasteiger partial charge in [0.2, 0.25) is 0 Å². The first-order chi connectivity index (χ1) is 13.6. The van der Waals surface area contributed by atoms with Gasteiger partial charge in [-0.3, -0.25) is 9.59 Å². The maximum absolute atomic E-state index is 12.9. The minimum atomic E-state index is -0.317. The van der Waals surface area contributed by atoms with Gasteiger partial charge >= 0.3 is 0 Å². The number of phenols is 1. The predicted octanol–water partition coefficient (Wildman–Crippen LogP) is 2.07. The molecule has 0 radical (unpaired) electrons. The van der Waals surface area contributed by atoms with Crippen molar-refractivity contribution < 1.29 is 9.90 Å². The predicted molar refractivity (Wildman–Crippen MR) is 107 cm³/mol. The summed E-state index contributed by atoms with van der Waals surface area (Å²) >= 11 is 0. The number of rotatable bonds is 3. The average Bonchev–Trinajstić information content (AvgIpc) is 2.74. The van der Waals surface area contributed by atoms with Crippen molar-refractivity contribution >= 4 is 16.8 Å². The van der Waals surface area contributed by atoms with Crippen LogP contribution >= 0.6 is 0 Å². The first-order valence-electron chi connectivity index (χ1n) is 9.39. The van der Waals surface area contributed by atoms with Crippen LogP contribution in [0.3, 0.4) is 0 Å². The van der Waals surface area contributed by atoms with Crippen molar-refractivity contribution in [1.82, 2.24) is 19.8 Å². The van der Waals surface area contributed by atoms with E-state index < -0.39 is 0 Å². The van der Waals surface area contributed by atoms with Crippen molar-refractivity contribution in [2.75, 3.05) is 32.7 Å². The second kappa shape index (κ2) is 7.44. The summed E-state index contributed by atoms with van der Waals surface area (Å²) in [6.45, 7) is 6.33. The number of aromatic amines is 1. The molecule has 1 amide bonds. The number of amides is 1. The smallest absolute Gasteiger partial charge is 0.258 e. The molecular formula is C21H22N4O3. The lowest BCUT2D eigenvalue weighted by molar-refractivity contribution is 0.0643. The summed E-state index contributed by atoms with van der Waals surface area (Å²) in [5.41, 5.74) is 1.96. The molecule has 144 valence electrons. The number of phenolic OH excluding ortho intramolecular Hbond substituents is 1. The van der Waals surface area contributed by atoms with Crippen LogP contribution in [0.4, 0.5) is 0 Å². The molecule has 0 unspecified atom stereocenters.